The first-order valence-corrected chi connectivity index (χ1v) is 16.0. The Hall–Kier alpha value is -2.01. The Morgan fingerprint density at radius 2 is 1.80 bits per heavy atom. The molecule has 40 heavy (non-hydrogen) atoms. The quantitative estimate of drug-likeness (QED) is 0.284. The summed E-state index contributed by atoms with van der Waals surface area (Å²) >= 11 is 0. The van der Waals surface area contributed by atoms with Gasteiger partial charge in [-0.2, -0.15) is 8.42 Å². The van der Waals surface area contributed by atoms with Crippen LogP contribution in [-0.2, 0) is 23.8 Å². The van der Waals surface area contributed by atoms with Crippen molar-refractivity contribution in [3.63, 3.8) is 0 Å². The van der Waals surface area contributed by atoms with Gasteiger partial charge in [0.25, 0.3) is 10.1 Å². The second-order valence-corrected chi connectivity index (χ2v) is 15.4. The number of nitrogens with zero attached hydrogens (tertiary/aromatic N) is 1. The Labute approximate surface area is 236 Å². The molecule has 1 amide bonds. The van der Waals surface area contributed by atoms with Crippen LogP contribution in [0, 0.1) is 40.4 Å². The van der Waals surface area contributed by atoms with E-state index in [4.69, 9.17) is 8.92 Å². The Morgan fingerprint density at radius 3 is 2.48 bits per heavy atom. The molecular weight excluding hydrogens is 532 g/mol. The summed E-state index contributed by atoms with van der Waals surface area (Å²) < 4.78 is 40.2. The number of carbonyl (C=O) groups excluding carboxylic acids is 1. The third-order valence-electron chi connectivity index (χ3n) is 11.8. The number of nitrogens with one attached hydrogen (secondary N) is 1. The second kappa shape index (κ2) is 9.24. The average Bonchev–Trinajstić information content (AvgIpc) is 3.17. The number of amides is 1. The van der Waals surface area contributed by atoms with E-state index in [2.05, 4.69) is 24.3 Å². The number of oxime groups is 1. The molecule has 220 valence electrons. The minimum Gasteiger partial charge on any atom is -0.411 e. The van der Waals surface area contributed by atoms with Gasteiger partial charge in [-0.15, -0.1) is 0 Å². The van der Waals surface area contributed by atoms with Crippen molar-refractivity contribution >= 4 is 21.7 Å². The summed E-state index contributed by atoms with van der Waals surface area (Å²) in [5.74, 6) is -0.400. The van der Waals surface area contributed by atoms with Crippen molar-refractivity contribution in [1.82, 2.24) is 5.32 Å². The zero-order chi connectivity index (χ0) is 28.8. The van der Waals surface area contributed by atoms with Crippen molar-refractivity contribution in [3.8, 4) is 0 Å². The molecule has 11 unspecified atom stereocenters. The average molecular weight is 575 g/mol. The summed E-state index contributed by atoms with van der Waals surface area (Å²) in [6, 6.07) is 7.92. The molecule has 9 nitrogen and oxygen atoms in total. The minimum atomic E-state index is -4.17. The highest BCUT2D eigenvalue weighted by Crippen LogP contribution is 2.68. The van der Waals surface area contributed by atoms with Crippen LogP contribution in [0.4, 0.5) is 0 Å². The largest absolute Gasteiger partial charge is 0.411 e. The molecule has 3 saturated carbocycles. The number of rotatable bonds is 3. The monoisotopic (exact) mass is 574 g/mol. The van der Waals surface area contributed by atoms with Gasteiger partial charge in [0.15, 0.2) is 0 Å². The first kappa shape index (κ1) is 28.1. The van der Waals surface area contributed by atoms with Crippen molar-refractivity contribution < 1.29 is 32.4 Å². The lowest BCUT2D eigenvalue weighted by Crippen LogP contribution is -2.74. The molecule has 2 heterocycles. The van der Waals surface area contributed by atoms with Crippen LogP contribution in [0.2, 0.25) is 0 Å². The molecular formula is C30H42N2O7S. The number of hydrogen-bond acceptors (Lipinski definition) is 8. The summed E-state index contributed by atoms with van der Waals surface area (Å²) in [6.45, 7) is 10.4. The second-order valence-electron chi connectivity index (χ2n) is 13.8. The number of fused-ring (bicyclic) bond motifs is 3. The molecule has 3 aliphatic carbocycles. The molecule has 3 N–H and O–H groups in total. The van der Waals surface area contributed by atoms with Gasteiger partial charge in [0.1, 0.15) is 6.10 Å². The molecule has 11 atom stereocenters. The molecule has 6 rings (SSSR count). The highest BCUT2D eigenvalue weighted by atomic mass is 32.2. The molecule has 1 aromatic rings. The number of ether oxygens (including phenoxy) is 1. The molecule has 2 saturated heterocycles. The van der Waals surface area contributed by atoms with Crippen LogP contribution in [-0.4, -0.2) is 60.3 Å². The van der Waals surface area contributed by atoms with Crippen molar-refractivity contribution in [2.45, 2.75) is 102 Å². The lowest BCUT2D eigenvalue weighted by Gasteiger charge is -2.70. The minimum absolute atomic E-state index is 0.0353. The molecule has 5 fully saturated rings. The zero-order valence-electron chi connectivity index (χ0n) is 23.9. The SMILES string of the molecule is CC1NC(=O)C2CC(O)C3CC4(C)C(C)CCC5C(C)(C)C(=NO)C(OS(=O)(=O)c6ccccc6)CC54OC3C12. The van der Waals surface area contributed by atoms with Crippen LogP contribution in [0.3, 0.4) is 0 Å². The first-order valence-electron chi connectivity index (χ1n) is 14.6. The van der Waals surface area contributed by atoms with E-state index in [0.717, 1.165) is 12.8 Å². The van der Waals surface area contributed by atoms with Crippen molar-refractivity contribution in [2.75, 3.05) is 0 Å². The molecule has 2 aliphatic heterocycles. The number of aliphatic hydroxyl groups is 1. The van der Waals surface area contributed by atoms with E-state index < -0.39 is 38.8 Å². The fourth-order valence-electron chi connectivity index (χ4n) is 9.59. The number of benzene rings is 1. The van der Waals surface area contributed by atoms with E-state index in [1.807, 2.05) is 20.8 Å². The van der Waals surface area contributed by atoms with Crippen LogP contribution in [0.25, 0.3) is 0 Å². The van der Waals surface area contributed by atoms with Gasteiger partial charge < -0.3 is 20.4 Å². The van der Waals surface area contributed by atoms with E-state index in [1.54, 1.807) is 18.2 Å². The Kier molecular flexibility index (Phi) is 6.50. The van der Waals surface area contributed by atoms with Gasteiger partial charge in [-0.1, -0.05) is 51.0 Å². The molecule has 0 radical (unpaired) electrons. The summed E-state index contributed by atoms with van der Waals surface area (Å²) in [7, 11) is -4.17. The Morgan fingerprint density at radius 1 is 1.10 bits per heavy atom. The van der Waals surface area contributed by atoms with Gasteiger partial charge in [-0.25, -0.2) is 0 Å². The maximum Gasteiger partial charge on any atom is 0.297 e. The number of aliphatic hydroxyl groups excluding tert-OH is 1. The van der Waals surface area contributed by atoms with Crippen LogP contribution in [0.1, 0.15) is 66.7 Å². The maximum absolute atomic E-state index is 13.5. The Bertz CT molecular complexity index is 1320. The van der Waals surface area contributed by atoms with Crippen LogP contribution < -0.4 is 5.32 Å². The molecule has 10 heteroatoms. The van der Waals surface area contributed by atoms with Gasteiger partial charge in [0.05, 0.1) is 28.4 Å². The molecule has 0 bridgehead atoms. The van der Waals surface area contributed by atoms with Crippen molar-refractivity contribution in [3.05, 3.63) is 30.3 Å². The van der Waals surface area contributed by atoms with Gasteiger partial charge >= 0.3 is 0 Å². The van der Waals surface area contributed by atoms with Crippen LogP contribution >= 0.6 is 0 Å². The summed E-state index contributed by atoms with van der Waals surface area (Å²) in [6.07, 6.45) is 1.06. The topological polar surface area (TPSA) is 135 Å². The highest BCUT2D eigenvalue weighted by molar-refractivity contribution is 7.86. The fraction of sp³-hybridized carbons (Fsp3) is 0.733. The Balaban J connectivity index is 1.47. The summed E-state index contributed by atoms with van der Waals surface area (Å²) in [5, 5.41) is 28.4. The van der Waals surface area contributed by atoms with E-state index in [-0.39, 0.29) is 59.0 Å². The van der Waals surface area contributed by atoms with Gasteiger partial charge in [-0.3, -0.25) is 8.98 Å². The van der Waals surface area contributed by atoms with Gasteiger partial charge in [0.2, 0.25) is 5.91 Å². The normalized spacial score (nSPS) is 47.0. The van der Waals surface area contributed by atoms with E-state index in [1.165, 1.54) is 12.1 Å². The predicted octanol–water partition coefficient (Wildman–Crippen LogP) is 3.73. The summed E-state index contributed by atoms with van der Waals surface area (Å²) in [5.41, 5.74) is -1.65. The van der Waals surface area contributed by atoms with Gasteiger partial charge in [-0.05, 0) is 56.6 Å². The lowest BCUT2D eigenvalue weighted by molar-refractivity contribution is -0.324. The third kappa shape index (κ3) is 3.78. The van der Waals surface area contributed by atoms with E-state index in [9.17, 15) is 23.5 Å². The molecule has 1 aromatic carbocycles. The van der Waals surface area contributed by atoms with E-state index >= 15 is 0 Å². The molecule has 1 spiro atoms. The fourth-order valence-corrected chi connectivity index (χ4v) is 10.7. The van der Waals surface area contributed by atoms with Crippen molar-refractivity contribution in [2.24, 2.45) is 45.6 Å². The maximum atomic E-state index is 13.5. The van der Waals surface area contributed by atoms with Crippen LogP contribution in [0.15, 0.2) is 40.4 Å². The van der Waals surface area contributed by atoms with Gasteiger partial charge in [0, 0.05) is 41.0 Å². The lowest BCUT2D eigenvalue weighted by atomic mass is 9.42. The smallest absolute Gasteiger partial charge is 0.297 e. The van der Waals surface area contributed by atoms with Crippen molar-refractivity contribution in [1.29, 1.82) is 0 Å². The number of carbonyl (C=O) groups is 1. The summed E-state index contributed by atoms with van der Waals surface area (Å²) in [4.78, 5) is 12.9. The number of hydrogen-bond donors (Lipinski definition) is 3. The molecule has 0 aromatic heterocycles. The van der Waals surface area contributed by atoms with Crippen LogP contribution in [0.5, 0.6) is 0 Å². The highest BCUT2D eigenvalue weighted by Gasteiger charge is 2.72. The van der Waals surface area contributed by atoms with E-state index in [0.29, 0.717) is 18.6 Å². The zero-order valence-corrected chi connectivity index (χ0v) is 24.7. The first-order chi connectivity index (χ1) is 18.8. The molecule has 5 aliphatic rings. The third-order valence-corrected chi connectivity index (χ3v) is 13.1. The standard InChI is InChI=1S/C30H42N2O7S/c1-16-11-12-23-28(3,4)26(32-35)22(39-40(36,37)18-9-7-6-8-10-18)15-30(23)29(16,5)14-20-21(33)13-19-24(25(20)38-30)17(2)31-27(19)34/h6-10,16-17,19-25,33,35H,11-15H2,1-5H3,(H,31,34). The predicted molar refractivity (Wildman–Crippen MR) is 147 cm³/mol.